The van der Waals surface area contributed by atoms with Crippen LogP contribution in [0.5, 0.6) is 0 Å². The van der Waals surface area contributed by atoms with Gasteiger partial charge in [-0.1, -0.05) is 12.1 Å². The highest BCUT2D eigenvalue weighted by molar-refractivity contribution is 5.87. The average Bonchev–Trinajstić information content (AvgIpc) is 2.33. The number of rotatable bonds is 6. The molecule has 0 bridgehead atoms. The molecule has 0 unspecified atom stereocenters. The molecule has 8 heteroatoms. The smallest absolute Gasteiger partial charge is 0.326 e. The van der Waals surface area contributed by atoms with Crippen molar-refractivity contribution in [2.75, 3.05) is 0 Å². The standard InChI is InChI=1S/C12H11F2NO5/c13-7-3-1-2-6(11(7)14)4-9(16)15-8(12(19)20)5-10(17)18/h1-3,8H,4-5H2,(H,15,16)(H,17,18)(H,19,20)/t8-/m0/s1. The lowest BCUT2D eigenvalue weighted by molar-refractivity contribution is -0.147. The molecule has 1 aromatic carbocycles. The second-order valence-corrected chi connectivity index (χ2v) is 3.95. The fourth-order valence-electron chi connectivity index (χ4n) is 1.48. The Bertz CT molecular complexity index is 547. The summed E-state index contributed by atoms with van der Waals surface area (Å²) < 4.78 is 26.2. The SMILES string of the molecule is O=C(O)C[C@H](NC(=O)Cc1cccc(F)c1F)C(=O)O. The summed E-state index contributed by atoms with van der Waals surface area (Å²) in [5.41, 5.74) is -0.248. The van der Waals surface area contributed by atoms with Gasteiger partial charge in [0.25, 0.3) is 0 Å². The molecule has 0 saturated carbocycles. The van der Waals surface area contributed by atoms with Crippen LogP contribution in [-0.4, -0.2) is 34.1 Å². The molecule has 20 heavy (non-hydrogen) atoms. The van der Waals surface area contributed by atoms with Crippen LogP contribution < -0.4 is 5.32 Å². The van der Waals surface area contributed by atoms with Crippen molar-refractivity contribution in [1.82, 2.24) is 5.32 Å². The van der Waals surface area contributed by atoms with Crippen molar-refractivity contribution in [1.29, 1.82) is 0 Å². The first-order valence-corrected chi connectivity index (χ1v) is 5.48. The maximum Gasteiger partial charge on any atom is 0.326 e. The first kappa shape index (κ1) is 15.5. The van der Waals surface area contributed by atoms with Crippen molar-refractivity contribution in [3.05, 3.63) is 35.4 Å². The summed E-state index contributed by atoms with van der Waals surface area (Å²) in [5.74, 6) is -6.18. The van der Waals surface area contributed by atoms with Crippen molar-refractivity contribution in [2.24, 2.45) is 0 Å². The number of benzene rings is 1. The zero-order valence-electron chi connectivity index (χ0n) is 10.1. The highest BCUT2D eigenvalue weighted by Gasteiger charge is 2.23. The lowest BCUT2D eigenvalue weighted by Crippen LogP contribution is -2.43. The number of hydrogen-bond donors (Lipinski definition) is 3. The van der Waals surface area contributed by atoms with Gasteiger partial charge in [0.15, 0.2) is 11.6 Å². The Morgan fingerprint density at radius 1 is 1.20 bits per heavy atom. The Balaban J connectivity index is 2.73. The summed E-state index contributed by atoms with van der Waals surface area (Å²) in [5, 5.41) is 19.1. The largest absolute Gasteiger partial charge is 0.481 e. The van der Waals surface area contributed by atoms with E-state index in [1.807, 2.05) is 5.32 Å². The molecule has 3 N–H and O–H groups in total. The molecule has 0 spiro atoms. The van der Waals surface area contributed by atoms with Gasteiger partial charge in [0, 0.05) is 5.56 Å². The number of carboxylic acids is 2. The van der Waals surface area contributed by atoms with Gasteiger partial charge in [0.05, 0.1) is 12.8 Å². The van der Waals surface area contributed by atoms with Crippen molar-refractivity contribution < 1.29 is 33.4 Å². The van der Waals surface area contributed by atoms with E-state index < -0.39 is 48.4 Å². The second-order valence-electron chi connectivity index (χ2n) is 3.95. The molecule has 0 radical (unpaired) electrons. The Kier molecular flexibility index (Phi) is 5.13. The van der Waals surface area contributed by atoms with Gasteiger partial charge in [-0.05, 0) is 6.07 Å². The average molecular weight is 287 g/mol. The number of halogens is 2. The molecule has 1 rings (SSSR count). The van der Waals surface area contributed by atoms with Crippen LogP contribution in [0.4, 0.5) is 8.78 Å². The minimum Gasteiger partial charge on any atom is -0.481 e. The zero-order valence-corrected chi connectivity index (χ0v) is 10.1. The van der Waals surface area contributed by atoms with Crippen LogP contribution in [-0.2, 0) is 20.8 Å². The molecule has 0 heterocycles. The molecule has 0 fully saturated rings. The van der Waals surface area contributed by atoms with Crippen LogP contribution >= 0.6 is 0 Å². The van der Waals surface area contributed by atoms with Crippen molar-refractivity contribution in [3.63, 3.8) is 0 Å². The molecule has 1 aromatic rings. The second kappa shape index (κ2) is 6.60. The third-order valence-electron chi connectivity index (χ3n) is 2.39. The van der Waals surface area contributed by atoms with Gasteiger partial charge >= 0.3 is 11.9 Å². The maximum atomic E-state index is 13.3. The minimum absolute atomic E-state index is 0.248. The normalized spacial score (nSPS) is 11.7. The number of hydrogen-bond acceptors (Lipinski definition) is 3. The van der Waals surface area contributed by atoms with Crippen LogP contribution in [0.15, 0.2) is 18.2 Å². The molecule has 0 aliphatic carbocycles. The lowest BCUT2D eigenvalue weighted by Gasteiger charge is -2.12. The van der Waals surface area contributed by atoms with Gasteiger partial charge in [-0.25, -0.2) is 13.6 Å². The Hall–Kier alpha value is -2.51. The third kappa shape index (κ3) is 4.30. The van der Waals surface area contributed by atoms with Crippen LogP contribution in [0.3, 0.4) is 0 Å². The molecule has 0 aliphatic heterocycles. The van der Waals surface area contributed by atoms with E-state index in [1.165, 1.54) is 12.1 Å². The summed E-state index contributed by atoms with van der Waals surface area (Å²) in [6.45, 7) is 0. The van der Waals surface area contributed by atoms with Gasteiger partial charge in [0.1, 0.15) is 6.04 Å². The monoisotopic (exact) mass is 287 g/mol. The molecular formula is C12H11F2NO5. The van der Waals surface area contributed by atoms with E-state index in [0.717, 1.165) is 6.07 Å². The van der Waals surface area contributed by atoms with E-state index in [1.54, 1.807) is 0 Å². The summed E-state index contributed by atoms with van der Waals surface area (Å²) in [6, 6.07) is 1.62. The van der Waals surface area contributed by atoms with E-state index in [4.69, 9.17) is 10.2 Å². The first-order chi connectivity index (χ1) is 9.31. The van der Waals surface area contributed by atoms with Gasteiger partial charge in [-0.3, -0.25) is 9.59 Å². The third-order valence-corrected chi connectivity index (χ3v) is 2.39. The number of carboxylic acid groups (broad SMARTS) is 2. The van der Waals surface area contributed by atoms with Gasteiger partial charge in [-0.15, -0.1) is 0 Å². The Morgan fingerprint density at radius 2 is 1.85 bits per heavy atom. The van der Waals surface area contributed by atoms with Crippen LogP contribution in [0.25, 0.3) is 0 Å². The number of carbonyl (C=O) groups is 3. The number of carbonyl (C=O) groups excluding carboxylic acids is 1. The van der Waals surface area contributed by atoms with E-state index in [2.05, 4.69) is 0 Å². The predicted octanol–water partition coefficient (Wildman–Crippen LogP) is 0.551. The fraction of sp³-hybridized carbons (Fsp3) is 0.250. The molecule has 6 nitrogen and oxygen atoms in total. The molecule has 108 valence electrons. The highest BCUT2D eigenvalue weighted by Crippen LogP contribution is 2.12. The molecule has 0 aliphatic rings. The van der Waals surface area contributed by atoms with Gasteiger partial charge in [-0.2, -0.15) is 0 Å². The minimum atomic E-state index is -1.63. The van der Waals surface area contributed by atoms with Crippen molar-refractivity contribution in [2.45, 2.75) is 18.9 Å². The summed E-state index contributed by atoms with van der Waals surface area (Å²) in [7, 11) is 0. The summed E-state index contributed by atoms with van der Waals surface area (Å²) >= 11 is 0. The molecule has 0 saturated heterocycles. The van der Waals surface area contributed by atoms with Gasteiger partial charge in [0.2, 0.25) is 5.91 Å². The lowest BCUT2D eigenvalue weighted by atomic mass is 10.1. The van der Waals surface area contributed by atoms with Crippen LogP contribution in [0.1, 0.15) is 12.0 Å². The summed E-state index contributed by atoms with van der Waals surface area (Å²) in [4.78, 5) is 32.7. The van der Waals surface area contributed by atoms with E-state index in [-0.39, 0.29) is 5.56 Å². The van der Waals surface area contributed by atoms with E-state index in [0.29, 0.717) is 0 Å². The van der Waals surface area contributed by atoms with Crippen LogP contribution in [0.2, 0.25) is 0 Å². The Labute approximate surface area is 112 Å². The van der Waals surface area contributed by atoms with Crippen LogP contribution in [0, 0.1) is 11.6 Å². The first-order valence-electron chi connectivity index (χ1n) is 5.48. The Morgan fingerprint density at radius 3 is 2.40 bits per heavy atom. The topological polar surface area (TPSA) is 104 Å². The fourth-order valence-corrected chi connectivity index (χ4v) is 1.48. The van der Waals surface area contributed by atoms with Gasteiger partial charge < -0.3 is 15.5 Å². The number of amides is 1. The highest BCUT2D eigenvalue weighted by atomic mass is 19.2. The molecule has 1 atom stereocenters. The quantitative estimate of drug-likeness (QED) is 0.709. The van der Waals surface area contributed by atoms with Crippen molar-refractivity contribution >= 4 is 17.8 Å². The maximum absolute atomic E-state index is 13.3. The molecule has 0 aromatic heterocycles. The predicted molar refractivity (Wildman–Crippen MR) is 61.9 cm³/mol. The van der Waals surface area contributed by atoms with E-state index >= 15 is 0 Å². The van der Waals surface area contributed by atoms with Crippen molar-refractivity contribution in [3.8, 4) is 0 Å². The molecular weight excluding hydrogens is 276 g/mol. The number of aliphatic carboxylic acids is 2. The number of nitrogens with one attached hydrogen (secondary N) is 1. The van der Waals surface area contributed by atoms with E-state index in [9.17, 15) is 23.2 Å². The molecule has 1 amide bonds. The summed E-state index contributed by atoms with van der Waals surface area (Å²) in [6.07, 6.45) is -1.40. The zero-order chi connectivity index (χ0) is 15.3.